The second-order valence-corrected chi connectivity index (χ2v) is 8.19. The Balaban J connectivity index is 1.64. The number of amidine groups is 1. The monoisotopic (exact) mass is 398 g/mol. The van der Waals surface area contributed by atoms with E-state index in [0.717, 1.165) is 56.5 Å². The number of aryl methyl sites for hydroxylation is 1. The van der Waals surface area contributed by atoms with Gasteiger partial charge in [0.2, 0.25) is 0 Å². The van der Waals surface area contributed by atoms with Crippen molar-refractivity contribution in [1.29, 1.82) is 0 Å². The lowest BCUT2D eigenvalue weighted by atomic mass is 10.0. The van der Waals surface area contributed by atoms with Crippen LogP contribution in [0.5, 0.6) is 0 Å². The Kier molecular flexibility index (Phi) is 4.11. The van der Waals surface area contributed by atoms with Gasteiger partial charge >= 0.3 is 5.97 Å². The van der Waals surface area contributed by atoms with Crippen molar-refractivity contribution in [3.8, 4) is 0 Å². The van der Waals surface area contributed by atoms with Crippen molar-refractivity contribution in [2.24, 2.45) is 10.9 Å². The first kappa shape index (κ1) is 18.1. The fourth-order valence-corrected chi connectivity index (χ4v) is 4.77. The Bertz CT molecular complexity index is 1120. The van der Waals surface area contributed by atoms with Crippen LogP contribution < -0.4 is 15.8 Å². The Morgan fingerprint density at radius 2 is 2.10 bits per heavy atom. The largest absolute Gasteiger partial charge is 0.477 e. The van der Waals surface area contributed by atoms with E-state index in [0.29, 0.717) is 23.3 Å². The van der Waals surface area contributed by atoms with Gasteiger partial charge in [-0.2, -0.15) is 0 Å². The maximum absolute atomic E-state index is 15.2. The fourth-order valence-electron chi connectivity index (χ4n) is 4.77. The topological polar surface area (TPSA) is 86.4 Å². The van der Waals surface area contributed by atoms with Gasteiger partial charge < -0.3 is 15.3 Å². The van der Waals surface area contributed by atoms with Gasteiger partial charge in [0.15, 0.2) is 5.82 Å². The number of rotatable bonds is 4. The van der Waals surface area contributed by atoms with Gasteiger partial charge in [0.05, 0.1) is 23.9 Å². The van der Waals surface area contributed by atoms with Gasteiger partial charge in [0, 0.05) is 25.6 Å². The van der Waals surface area contributed by atoms with Gasteiger partial charge in [0.25, 0.3) is 5.56 Å². The molecule has 29 heavy (non-hydrogen) atoms. The van der Waals surface area contributed by atoms with Crippen molar-refractivity contribution in [3.05, 3.63) is 45.1 Å². The predicted octanol–water partition coefficient (Wildman–Crippen LogP) is 2.15. The van der Waals surface area contributed by atoms with E-state index in [2.05, 4.69) is 10.3 Å². The highest BCUT2D eigenvalue weighted by Gasteiger charge is 2.33. The van der Waals surface area contributed by atoms with Crippen LogP contribution in [0.2, 0.25) is 0 Å². The van der Waals surface area contributed by atoms with Crippen molar-refractivity contribution in [3.63, 3.8) is 0 Å². The van der Waals surface area contributed by atoms with Crippen LogP contribution in [0.3, 0.4) is 0 Å². The number of nitrogens with zero attached hydrogens (tertiary/aromatic N) is 3. The normalized spacial score (nSPS) is 21.5. The number of pyridine rings is 2. The molecule has 1 saturated carbocycles. The third kappa shape index (κ3) is 2.89. The lowest BCUT2D eigenvalue weighted by Gasteiger charge is -2.24. The van der Waals surface area contributed by atoms with E-state index in [-0.39, 0.29) is 17.4 Å². The number of nitrogens with one attached hydrogen (secondary N) is 1. The van der Waals surface area contributed by atoms with Crippen molar-refractivity contribution in [2.75, 3.05) is 31.1 Å². The zero-order chi connectivity index (χ0) is 20.3. The van der Waals surface area contributed by atoms with Gasteiger partial charge in [0.1, 0.15) is 11.4 Å². The van der Waals surface area contributed by atoms with Crippen molar-refractivity contribution in [2.45, 2.75) is 32.1 Å². The van der Waals surface area contributed by atoms with E-state index in [9.17, 15) is 14.7 Å². The van der Waals surface area contributed by atoms with E-state index in [4.69, 9.17) is 0 Å². The molecule has 2 aromatic heterocycles. The number of aromatic carboxylic acids is 1. The van der Waals surface area contributed by atoms with Crippen LogP contribution in [0.1, 0.15) is 46.7 Å². The summed E-state index contributed by atoms with van der Waals surface area (Å²) >= 11 is 0. The fraction of sp³-hybridized carbons (Fsp3) is 0.476. The van der Waals surface area contributed by atoms with E-state index in [1.807, 2.05) is 11.8 Å². The molecule has 0 amide bonds. The highest BCUT2D eigenvalue weighted by Crippen LogP contribution is 2.44. The summed E-state index contributed by atoms with van der Waals surface area (Å²) in [6.45, 7) is 4.87. The minimum Gasteiger partial charge on any atom is -0.477 e. The molecule has 3 aliphatic rings. The average Bonchev–Trinajstić information content (AvgIpc) is 3.16. The standard InChI is InChI=1S/C21H23FN4O3/c1-11-17-14(12-2-3-12)8-15(21(28)29)20(27)26(17)10-16(22)18(11)25-7-4-13(9-25)19-23-5-6-24-19/h8,10,12-13H,2-7,9H2,1H3,(H,23,24)(H,28,29). The van der Waals surface area contributed by atoms with Crippen LogP contribution >= 0.6 is 0 Å². The van der Waals surface area contributed by atoms with E-state index in [1.54, 1.807) is 0 Å². The van der Waals surface area contributed by atoms with Gasteiger partial charge in [-0.3, -0.25) is 14.2 Å². The minimum absolute atomic E-state index is 0.226. The molecule has 2 aromatic rings. The highest BCUT2D eigenvalue weighted by molar-refractivity contribution is 5.89. The number of carboxylic acid groups (broad SMARTS) is 1. The minimum atomic E-state index is -1.28. The van der Waals surface area contributed by atoms with Crippen LogP contribution in [0, 0.1) is 18.7 Å². The molecule has 5 rings (SSSR count). The van der Waals surface area contributed by atoms with E-state index < -0.39 is 17.3 Å². The summed E-state index contributed by atoms with van der Waals surface area (Å²) in [6.07, 6.45) is 3.97. The number of aliphatic imine (C=N–C) groups is 1. The quantitative estimate of drug-likeness (QED) is 0.824. The number of fused-ring (bicyclic) bond motifs is 1. The van der Waals surface area contributed by atoms with Crippen LogP contribution in [0.4, 0.5) is 10.1 Å². The molecule has 2 aliphatic heterocycles. The highest BCUT2D eigenvalue weighted by atomic mass is 19.1. The third-order valence-electron chi connectivity index (χ3n) is 6.28. The van der Waals surface area contributed by atoms with Crippen LogP contribution in [0.15, 0.2) is 22.1 Å². The van der Waals surface area contributed by atoms with Crippen molar-refractivity contribution < 1.29 is 14.3 Å². The summed E-state index contributed by atoms with van der Waals surface area (Å²) < 4.78 is 16.4. The number of anilines is 1. The Morgan fingerprint density at radius 1 is 1.31 bits per heavy atom. The van der Waals surface area contributed by atoms with Crippen molar-refractivity contribution in [1.82, 2.24) is 9.72 Å². The first-order chi connectivity index (χ1) is 14.0. The average molecular weight is 398 g/mol. The molecule has 0 aromatic carbocycles. The smallest absolute Gasteiger partial charge is 0.341 e. The molecule has 1 aliphatic carbocycles. The Morgan fingerprint density at radius 3 is 2.76 bits per heavy atom. The number of carbonyl (C=O) groups is 1. The zero-order valence-corrected chi connectivity index (χ0v) is 16.2. The molecule has 8 heteroatoms. The summed E-state index contributed by atoms with van der Waals surface area (Å²) in [5, 5.41) is 12.7. The summed E-state index contributed by atoms with van der Waals surface area (Å²) in [4.78, 5) is 30.8. The molecule has 1 saturated heterocycles. The maximum Gasteiger partial charge on any atom is 0.341 e. The lowest BCUT2D eigenvalue weighted by Crippen LogP contribution is -2.31. The van der Waals surface area contributed by atoms with Crippen LogP contribution in [-0.4, -0.2) is 47.5 Å². The number of hydrogen-bond donors (Lipinski definition) is 2. The second-order valence-electron chi connectivity index (χ2n) is 8.19. The SMILES string of the molecule is Cc1c(N2CCC(C3=NCCN3)C2)c(F)cn2c(=O)c(C(=O)O)cc(C3CC3)c12. The first-order valence-electron chi connectivity index (χ1n) is 10.1. The van der Waals surface area contributed by atoms with E-state index in [1.165, 1.54) is 10.5 Å². The summed E-state index contributed by atoms with van der Waals surface area (Å²) in [6, 6.07) is 1.50. The summed E-state index contributed by atoms with van der Waals surface area (Å²) in [7, 11) is 0. The lowest BCUT2D eigenvalue weighted by molar-refractivity contribution is 0.0694. The second kappa shape index (κ2) is 6.57. The van der Waals surface area contributed by atoms with Crippen LogP contribution in [-0.2, 0) is 0 Å². The van der Waals surface area contributed by atoms with Crippen molar-refractivity contribution >= 4 is 23.0 Å². The maximum atomic E-state index is 15.2. The number of halogens is 1. The molecular formula is C21H23FN4O3. The molecule has 4 heterocycles. The van der Waals surface area contributed by atoms with Gasteiger partial charge in [-0.15, -0.1) is 0 Å². The van der Waals surface area contributed by atoms with Gasteiger partial charge in [-0.1, -0.05) is 0 Å². The first-order valence-corrected chi connectivity index (χ1v) is 10.1. The molecule has 2 fully saturated rings. The molecule has 7 nitrogen and oxygen atoms in total. The van der Waals surface area contributed by atoms with Crippen LogP contribution in [0.25, 0.3) is 5.52 Å². The predicted molar refractivity (Wildman–Crippen MR) is 108 cm³/mol. The molecule has 1 atom stereocenters. The molecule has 152 valence electrons. The molecule has 1 unspecified atom stereocenters. The Labute approximate surface area is 166 Å². The van der Waals surface area contributed by atoms with Gasteiger partial charge in [-0.25, -0.2) is 9.18 Å². The number of carboxylic acids is 1. The molecule has 0 bridgehead atoms. The number of hydrogen-bond acceptors (Lipinski definition) is 5. The Hall–Kier alpha value is -2.90. The summed E-state index contributed by atoms with van der Waals surface area (Å²) in [5.41, 5.74) is 1.70. The molecule has 0 radical (unpaired) electrons. The zero-order valence-electron chi connectivity index (χ0n) is 16.2. The summed E-state index contributed by atoms with van der Waals surface area (Å²) in [5.74, 6) is -0.285. The molecular weight excluding hydrogens is 375 g/mol. The van der Waals surface area contributed by atoms with Gasteiger partial charge in [-0.05, 0) is 49.3 Å². The number of aromatic nitrogens is 1. The third-order valence-corrected chi connectivity index (χ3v) is 6.28. The molecule has 0 spiro atoms. The molecule has 2 N–H and O–H groups in total. The van der Waals surface area contributed by atoms with E-state index >= 15 is 4.39 Å².